The van der Waals surface area contributed by atoms with Gasteiger partial charge >= 0.3 is 0 Å². The summed E-state index contributed by atoms with van der Waals surface area (Å²) in [7, 11) is 0. The molecule has 0 spiro atoms. The highest BCUT2D eigenvalue weighted by Gasteiger charge is 2.29. The zero-order valence-electron chi connectivity index (χ0n) is 14.6. The van der Waals surface area contributed by atoms with Crippen LogP contribution in [0.3, 0.4) is 0 Å². The van der Waals surface area contributed by atoms with Gasteiger partial charge in [-0.15, -0.1) is 0 Å². The highest BCUT2D eigenvalue weighted by molar-refractivity contribution is 5.81. The van der Waals surface area contributed by atoms with Crippen molar-refractivity contribution in [2.45, 2.75) is 39.2 Å². The number of rotatable bonds is 2. The van der Waals surface area contributed by atoms with Crippen molar-refractivity contribution in [2.24, 2.45) is 0 Å². The van der Waals surface area contributed by atoms with E-state index in [-0.39, 0.29) is 11.6 Å². The second-order valence-electron chi connectivity index (χ2n) is 6.78. The van der Waals surface area contributed by atoms with Crippen molar-refractivity contribution in [1.82, 2.24) is 14.4 Å². The third-order valence-electron chi connectivity index (χ3n) is 5.03. The molecule has 0 bridgehead atoms. The first kappa shape index (κ1) is 16.9. The first-order valence-electron chi connectivity index (χ1n) is 8.72. The van der Waals surface area contributed by atoms with Crippen molar-refractivity contribution in [2.75, 3.05) is 11.4 Å². The van der Waals surface area contributed by atoms with Crippen molar-refractivity contribution >= 4 is 11.6 Å². The molecule has 3 aromatic rings. The van der Waals surface area contributed by atoms with E-state index in [1.54, 1.807) is 23.7 Å². The summed E-state index contributed by atoms with van der Waals surface area (Å²) < 4.78 is 44.4. The van der Waals surface area contributed by atoms with Gasteiger partial charge in [-0.3, -0.25) is 4.40 Å². The van der Waals surface area contributed by atoms with E-state index >= 15 is 0 Å². The van der Waals surface area contributed by atoms with E-state index in [0.29, 0.717) is 35.0 Å². The Labute approximate surface area is 149 Å². The summed E-state index contributed by atoms with van der Waals surface area (Å²) in [5, 5.41) is 0. The van der Waals surface area contributed by atoms with E-state index in [1.807, 2.05) is 0 Å². The average molecular weight is 360 g/mol. The van der Waals surface area contributed by atoms with Gasteiger partial charge in [0.1, 0.15) is 23.3 Å². The Bertz CT molecular complexity index is 959. The fourth-order valence-electron chi connectivity index (χ4n) is 3.80. The molecule has 7 heteroatoms. The monoisotopic (exact) mass is 360 g/mol. The van der Waals surface area contributed by atoms with Crippen LogP contribution in [-0.4, -0.2) is 27.0 Å². The summed E-state index contributed by atoms with van der Waals surface area (Å²) in [5.74, 6) is -1.68. The number of halogens is 3. The maximum atomic E-state index is 14.6. The lowest BCUT2D eigenvalue weighted by Gasteiger charge is -2.37. The molecule has 1 atom stereocenters. The van der Waals surface area contributed by atoms with Crippen molar-refractivity contribution in [3.63, 3.8) is 0 Å². The molecule has 3 heterocycles. The lowest BCUT2D eigenvalue weighted by Crippen LogP contribution is -2.39. The van der Waals surface area contributed by atoms with Crippen LogP contribution < -0.4 is 4.90 Å². The number of anilines is 1. The molecule has 0 amide bonds. The van der Waals surface area contributed by atoms with E-state index in [0.717, 1.165) is 25.8 Å². The Kier molecular flexibility index (Phi) is 4.09. The topological polar surface area (TPSA) is 33.4 Å². The van der Waals surface area contributed by atoms with Crippen LogP contribution in [0.15, 0.2) is 24.5 Å². The summed E-state index contributed by atoms with van der Waals surface area (Å²) in [5.41, 5.74) is 0.555. The minimum absolute atomic E-state index is 0.210. The third-order valence-corrected chi connectivity index (χ3v) is 5.03. The van der Waals surface area contributed by atoms with Crippen LogP contribution in [0.2, 0.25) is 0 Å². The van der Waals surface area contributed by atoms with Crippen LogP contribution in [0.4, 0.5) is 19.0 Å². The molecule has 1 aliphatic rings. The van der Waals surface area contributed by atoms with Gasteiger partial charge in [0.2, 0.25) is 5.78 Å². The standard InChI is InChI=1S/C19H19F3N4/c1-11-5-3-4-7-25(11)18-16(12(2)24-19-23-6-8-26(18)19)17-14(21)9-13(20)10-15(17)22/h6,8-11H,3-5,7H2,1-2H3. The Morgan fingerprint density at radius 2 is 1.81 bits per heavy atom. The van der Waals surface area contributed by atoms with Gasteiger partial charge in [0.15, 0.2) is 0 Å². The number of aromatic nitrogens is 3. The fourth-order valence-corrected chi connectivity index (χ4v) is 3.80. The molecule has 26 heavy (non-hydrogen) atoms. The summed E-state index contributed by atoms with van der Waals surface area (Å²) in [6.45, 7) is 4.57. The largest absolute Gasteiger partial charge is 0.354 e. The number of aryl methyl sites for hydroxylation is 1. The number of hydrogen-bond donors (Lipinski definition) is 0. The Balaban J connectivity index is 2.06. The van der Waals surface area contributed by atoms with E-state index in [9.17, 15) is 13.2 Å². The molecule has 0 N–H and O–H groups in total. The van der Waals surface area contributed by atoms with Gasteiger partial charge in [-0.25, -0.2) is 23.1 Å². The first-order valence-corrected chi connectivity index (χ1v) is 8.72. The molecule has 0 radical (unpaired) electrons. The molecule has 136 valence electrons. The maximum Gasteiger partial charge on any atom is 0.235 e. The average Bonchev–Trinajstić information content (AvgIpc) is 3.03. The van der Waals surface area contributed by atoms with Crippen molar-refractivity contribution in [3.8, 4) is 11.1 Å². The molecule has 0 saturated carbocycles. The number of hydrogen-bond acceptors (Lipinski definition) is 3. The fraction of sp³-hybridized carbons (Fsp3) is 0.368. The van der Waals surface area contributed by atoms with Crippen molar-refractivity contribution in [3.05, 3.63) is 47.7 Å². The van der Waals surface area contributed by atoms with E-state index < -0.39 is 17.5 Å². The lowest BCUT2D eigenvalue weighted by molar-refractivity contribution is 0.479. The first-order chi connectivity index (χ1) is 12.5. The van der Waals surface area contributed by atoms with Gasteiger partial charge in [-0.1, -0.05) is 0 Å². The molecule has 0 aliphatic carbocycles. The van der Waals surface area contributed by atoms with Crippen LogP contribution >= 0.6 is 0 Å². The predicted molar refractivity (Wildman–Crippen MR) is 93.7 cm³/mol. The summed E-state index contributed by atoms with van der Waals surface area (Å²) in [6, 6.07) is 1.63. The molecule has 1 fully saturated rings. The van der Waals surface area contributed by atoms with Gasteiger partial charge in [0.05, 0.1) is 16.8 Å². The molecule has 1 saturated heterocycles. The van der Waals surface area contributed by atoms with E-state index in [2.05, 4.69) is 21.8 Å². The zero-order valence-corrected chi connectivity index (χ0v) is 14.6. The number of imidazole rings is 1. The van der Waals surface area contributed by atoms with Crippen LogP contribution in [0, 0.1) is 24.4 Å². The number of piperidine rings is 1. The van der Waals surface area contributed by atoms with Gasteiger partial charge in [-0.2, -0.15) is 0 Å². The van der Waals surface area contributed by atoms with E-state index in [4.69, 9.17) is 0 Å². The summed E-state index contributed by atoms with van der Waals surface area (Å²) in [6.07, 6.45) is 6.45. The van der Waals surface area contributed by atoms with Crippen LogP contribution in [0.25, 0.3) is 16.9 Å². The molecule has 4 rings (SSSR count). The molecular formula is C19H19F3N4. The molecule has 1 aromatic carbocycles. The van der Waals surface area contributed by atoms with Crippen molar-refractivity contribution in [1.29, 1.82) is 0 Å². The van der Waals surface area contributed by atoms with Gasteiger partial charge in [0, 0.05) is 37.1 Å². The predicted octanol–water partition coefficient (Wildman–Crippen LogP) is 4.50. The van der Waals surface area contributed by atoms with Gasteiger partial charge < -0.3 is 4.90 Å². The minimum Gasteiger partial charge on any atom is -0.354 e. The molecule has 2 aromatic heterocycles. The number of benzene rings is 1. The van der Waals surface area contributed by atoms with Gasteiger partial charge in [-0.05, 0) is 33.1 Å². The zero-order chi connectivity index (χ0) is 18.4. The summed E-state index contributed by atoms with van der Waals surface area (Å²) in [4.78, 5) is 10.8. The van der Waals surface area contributed by atoms with Crippen LogP contribution in [0.1, 0.15) is 31.9 Å². The molecular weight excluding hydrogens is 341 g/mol. The van der Waals surface area contributed by atoms with Gasteiger partial charge in [0.25, 0.3) is 0 Å². The Morgan fingerprint density at radius 1 is 1.08 bits per heavy atom. The summed E-state index contributed by atoms with van der Waals surface area (Å²) >= 11 is 0. The highest BCUT2D eigenvalue weighted by atomic mass is 19.1. The maximum absolute atomic E-state index is 14.6. The Morgan fingerprint density at radius 3 is 2.50 bits per heavy atom. The quantitative estimate of drug-likeness (QED) is 0.675. The number of nitrogens with zero attached hydrogens (tertiary/aromatic N) is 4. The Hall–Kier alpha value is -2.57. The third kappa shape index (κ3) is 2.62. The molecule has 1 unspecified atom stereocenters. The van der Waals surface area contributed by atoms with Crippen molar-refractivity contribution < 1.29 is 13.2 Å². The highest BCUT2D eigenvalue weighted by Crippen LogP contribution is 2.39. The molecule has 4 nitrogen and oxygen atoms in total. The second-order valence-corrected chi connectivity index (χ2v) is 6.78. The normalized spacial score (nSPS) is 17.9. The SMILES string of the molecule is Cc1nc2nccn2c(N2CCCCC2C)c1-c1c(F)cc(F)cc1F. The van der Waals surface area contributed by atoms with Crippen LogP contribution in [-0.2, 0) is 0 Å². The van der Waals surface area contributed by atoms with Crippen LogP contribution in [0.5, 0.6) is 0 Å². The lowest BCUT2D eigenvalue weighted by atomic mass is 9.99. The van der Waals surface area contributed by atoms with E-state index in [1.165, 1.54) is 0 Å². The molecule has 1 aliphatic heterocycles. The second kappa shape index (κ2) is 6.30. The minimum atomic E-state index is -0.939. The number of fused-ring (bicyclic) bond motifs is 1. The smallest absolute Gasteiger partial charge is 0.235 e.